The molecule has 1 heterocycles. The number of hydrogen-bond acceptors (Lipinski definition) is 5. The van der Waals surface area contributed by atoms with E-state index >= 15 is 0 Å². The van der Waals surface area contributed by atoms with E-state index < -0.39 is 0 Å². The van der Waals surface area contributed by atoms with Crippen LogP contribution in [0.1, 0.15) is 37.0 Å². The predicted molar refractivity (Wildman–Crippen MR) is 77.0 cm³/mol. The third-order valence-electron chi connectivity index (χ3n) is 3.62. The van der Waals surface area contributed by atoms with Gasteiger partial charge in [0, 0.05) is 18.0 Å². The maximum atomic E-state index is 5.35. The van der Waals surface area contributed by atoms with Gasteiger partial charge >= 0.3 is 0 Å². The van der Waals surface area contributed by atoms with Gasteiger partial charge in [-0.05, 0) is 20.0 Å². The van der Waals surface area contributed by atoms with Gasteiger partial charge in [-0.2, -0.15) is 4.98 Å². The minimum absolute atomic E-state index is 0.180. The lowest BCUT2D eigenvalue weighted by molar-refractivity contribution is 0.333. The second-order valence-corrected chi connectivity index (χ2v) is 4.90. The number of likely N-dealkylation sites (N-methyl/N-ethyl adjacent to an activating group) is 1. The highest BCUT2D eigenvalue weighted by atomic mass is 16.5. The quantitative estimate of drug-likeness (QED) is 0.877. The maximum Gasteiger partial charge on any atom is 0.231 e. The Hall–Kier alpha value is -1.88. The summed E-state index contributed by atoms with van der Waals surface area (Å²) in [5, 5.41) is 7.25. The molecule has 1 aromatic heterocycles. The third kappa shape index (κ3) is 3.17. The Balaban J connectivity index is 2.13. The fraction of sp³-hybridized carbons (Fsp3) is 0.467. The normalized spacial score (nSPS) is 14.0. The van der Waals surface area contributed by atoms with E-state index in [1.165, 1.54) is 0 Å². The lowest BCUT2D eigenvalue weighted by Gasteiger charge is -2.14. The first-order chi connectivity index (χ1) is 9.65. The van der Waals surface area contributed by atoms with E-state index in [9.17, 15) is 0 Å². The molecule has 1 N–H and O–H groups in total. The van der Waals surface area contributed by atoms with Crippen molar-refractivity contribution in [2.75, 3.05) is 14.2 Å². The number of ether oxygens (including phenoxy) is 1. The molecule has 2 rings (SSSR count). The molecule has 0 saturated heterocycles. The fourth-order valence-electron chi connectivity index (χ4n) is 2.01. The topological polar surface area (TPSA) is 60.2 Å². The summed E-state index contributed by atoms with van der Waals surface area (Å²) in [6.45, 7) is 4.16. The number of nitrogens with one attached hydrogen (secondary N) is 1. The van der Waals surface area contributed by atoms with Crippen molar-refractivity contribution < 1.29 is 9.26 Å². The van der Waals surface area contributed by atoms with Gasteiger partial charge in [-0.15, -0.1) is 0 Å². The highest BCUT2D eigenvalue weighted by Crippen LogP contribution is 2.22. The molecule has 0 aliphatic rings. The van der Waals surface area contributed by atoms with Crippen molar-refractivity contribution in [3.05, 3.63) is 41.5 Å². The number of aromatic nitrogens is 2. The second-order valence-electron chi connectivity index (χ2n) is 4.90. The smallest absolute Gasteiger partial charge is 0.231 e. The molecule has 2 atom stereocenters. The minimum atomic E-state index is 0.180. The SMILES string of the molecule is CNC(C)C(C)c1nc(Cc2ccccc2OC)no1. The van der Waals surface area contributed by atoms with Crippen molar-refractivity contribution in [3.63, 3.8) is 0 Å². The molecule has 0 amide bonds. The Labute approximate surface area is 119 Å². The van der Waals surface area contributed by atoms with E-state index in [1.807, 2.05) is 31.3 Å². The molecule has 0 spiro atoms. The van der Waals surface area contributed by atoms with E-state index in [2.05, 4.69) is 29.3 Å². The van der Waals surface area contributed by atoms with Crippen LogP contribution in [0.15, 0.2) is 28.8 Å². The van der Waals surface area contributed by atoms with Crippen LogP contribution in [0.3, 0.4) is 0 Å². The molecule has 0 radical (unpaired) electrons. The molecule has 0 aliphatic carbocycles. The monoisotopic (exact) mass is 275 g/mol. The van der Waals surface area contributed by atoms with Crippen molar-refractivity contribution >= 4 is 0 Å². The summed E-state index contributed by atoms with van der Waals surface area (Å²) in [4.78, 5) is 4.48. The zero-order valence-corrected chi connectivity index (χ0v) is 12.4. The van der Waals surface area contributed by atoms with Crippen LogP contribution in [0.25, 0.3) is 0 Å². The lowest BCUT2D eigenvalue weighted by Crippen LogP contribution is -2.27. The number of hydrogen-bond donors (Lipinski definition) is 1. The van der Waals surface area contributed by atoms with Gasteiger partial charge in [0.25, 0.3) is 0 Å². The summed E-state index contributed by atoms with van der Waals surface area (Å²) < 4.78 is 10.7. The highest BCUT2D eigenvalue weighted by Gasteiger charge is 2.19. The van der Waals surface area contributed by atoms with Crippen LogP contribution >= 0.6 is 0 Å². The molecule has 2 unspecified atom stereocenters. The Morgan fingerprint density at radius 1 is 1.30 bits per heavy atom. The number of methoxy groups -OCH3 is 1. The van der Waals surface area contributed by atoms with Gasteiger partial charge in [0.1, 0.15) is 5.75 Å². The fourth-order valence-corrected chi connectivity index (χ4v) is 2.01. The summed E-state index contributed by atoms with van der Waals surface area (Å²) >= 11 is 0. The van der Waals surface area contributed by atoms with Crippen molar-refractivity contribution in [1.82, 2.24) is 15.5 Å². The number of nitrogens with zero attached hydrogens (tertiary/aromatic N) is 2. The first kappa shape index (κ1) is 14.5. The van der Waals surface area contributed by atoms with Crippen LogP contribution in [0, 0.1) is 0 Å². The number of benzene rings is 1. The third-order valence-corrected chi connectivity index (χ3v) is 3.62. The summed E-state index contributed by atoms with van der Waals surface area (Å²) in [7, 11) is 3.59. The number of rotatable bonds is 6. The van der Waals surface area contributed by atoms with Gasteiger partial charge in [0.15, 0.2) is 5.82 Å². The molecule has 0 fully saturated rings. The lowest BCUT2D eigenvalue weighted by atomic mass is 10.0. The van der Waals surface area contributed by atoms with Crippen LogP contribution in [0.4, 0.5) is 0 Å². The molecular formula is C15H21N3O2. The van der Waals surface area contributed by atoms with Crippen LogP contribution in [-0.2, 0) is 6.42 Å². The summed E-state index contributed by atoms with van der Waals surface area (Å²) in [5.74, 6) is 2.37. The maximum absolute atomic E-state index is 5.35. The highest BCUT2D eigenvalue weighted by molar-refractivity contribution is 5.35. The zero-order valence-electron chi connectivity index (χ0n) is 12.4. The Morgan fingerprint density at radius 3 is 2.75 bits per heavy atom. The Bertz CT molecular complexity index is 554. The minimum Gasteiger partial charge on any atom is -0.496 e. The van der Waals surface area contributed by atoms with Gasteiger partial charge < -0.3 is 14.6 Å². The Morgan fingerprint density at radius 2 is 2.05 bits per heavy atom. The van der Waals surface area contributed by atoms with Crippen molar-refractivity contribution in [1.29, 1.82) is 0 Å². The van der Waals surface area contributed by atoms with Crippen LogP contribution in [-0.4, -0.2) is 30.3 Å². The molecule has 0 saturated carbocycles. The first-order valence-electron chi connectivity index (χ1n) is 6.77. The zero-order chi connectivity index (χ0) is 14.5. The summed E-state index contributed by atoms with van der Waals surface area (Å²) in [5.41, 5.74) is 1.05. The van der Waals surface area contributed by atoms with Crippen molar-refractivity contribution in [2.45, 2.75) is 32.2 Å². The van der Waals surface area contributed by atoms with Crippen LogP contribution < -0.4 is 10.1 Å². The predicted octanol–water partition coefficient (Wildman–Crippen LogP) is 2.38. The first-order valence-corrected chi connectivity index (χ1v) is 6.77. The molecule has 5 heteroatoms. The molecule has 20 heavy (non-hydrogen) atoms. The van der Waals surface area contributed by atoms with Crippen molar-refractivity contribution in [2.24, 2.45) is 0 Å². The van der Waals surface area contributed by atoms with Crippen LogP contribution in [0.2, 0.25) is 0 Å². The van der Waals surface area contributed by atoms with E-state index in [0.29, 0.717) is 18.1 Å². The molecule has 5 nitrogen and oxygen atoms in total. The average molecular weight is 275 g/mol. The van der Waals surface area contributed by atoms with Gasteiger partial charge in [-0.3, -0.25) is 0 Å². The molecule has 108 valence electrons. The molecule has 0 bridgehead atoms. The summed E-state index contributed by atoms with van der Waals surface area (Å²) in [6, 6.07) is 8.15. The van der Waals surface area contributed by atoms with Crippen LogP contribution in [0.5, 0.6) is 5.75 Å². The van der Waals surface area contributed by atoms with Crippen molar-refractivity contribution in [3.8, 4) is 5.75 Å². The van der Waals surface area contributed by atoms with E-state index in [0.717, 1.165) is 11.3 Å². The molecule has 1 aromatic carbocycles. The standard InChI is InChI=1S/C15H21N3O2/c1-10(11(2)16-3)15-17-14(18-20-15)9-12-7-5-6-8-13(12)19-4/h5-8,10-11,16H,9H2,1-4H3. The molecule has 0 aliphatic heterocycles. The van der Waals surface area contributed by atoms with Gasteiger partial charge in [-0.1, -0.05) is 30.3 Å². The van der Waals surface area contributed by atoms with Gasteiger partial charge in [0.05, 0.1) is 13.0 Å². The van der Waals surface area contributed by atoms with E-state index in [-0.39, 0.29) is 12.0 Å². The van der Waals surface area contributed by atoms with Gasteiger partial charge in [-0.25, -0.2) is 0 Å². The summed E-state index contributed by atoms with van der Waals surface area (Å²) in [6.07, 6.45) is 0.605. The molecular weight excluding hydrogens is 254 g/mol. The largest absolute Gasteiger partial charge is 0.496 e. The molecule has 2 aromatic rings. The second kappa shape index (κ2) is 6.52. The Kier molecular flexibility index (Phi) is 4.74. The number of para-hydroxylation sites is 1. The average Bonchev–Trinajstić information content (AvgIpc) is 2.94. The van der Waals surface area contributed by atoms with Gasteiger partial charge in [0.2, 0.25) is 5.89 Å². The van der Waals surface area contributed by atoms with E-state index in [4.69, 9.17) is 9.26 Å². The van der Waals surface area contributed by atoms with E-state index in [1.54, 1.807) is 7.11 Å².